The summed E-state index contributed by atoms with van der Waals surface area (Å²) in [5.41, 5.74) is 3.77. The molecule has 1 unspecified atom stereocenters. The van der Waals surface area contributed by atoms with E-state index < -0.39 is 0 Å². The summed E-state index contributed by atoms with van der Waals surface area (Å²) in [5.74, 6) is 0.511. The summed E-state index contributed by atoms with van der Waals surface area (Å²) in [6.07, 6.45) is 4.77. The van der Waals surface area contributed by atoms with Crippen LogP contribution in [0.15, 0.2) is 40.9 Å². The molecule has 0 N–H and O–H groups in total. The average molecular weight is 446 g/mol. The van der Waals surface area contributed by atoms with Gasteiger partial charge in [0.1, 0.15) is 5.69 Å². The Hall–Kier alpha value is -2.77. The number of aromatic nitrogens is 2. The van der Waals surface area contributed by atoms with Gasteiger partial charge in [-0.3, -0.25) is 9.69 Å². The van der Waals surface area contributed by atoms with Crippen LogP contribution in [0.5, 0.6) is 0 Å². The van der Waals surface area contributed by atoms with E-state index >= 15 is 0 Å². The van der Waals surface area contributed by atoms with E-state index in [1.165, 1.54) is 19.4 Å². The maximum atomic E-state index is 13.8. The Morgan fingerprint density at radius 2 is 1.82 bits per heavy atom. The number of benzene rings is 1. The molecule has 1 aromatic carbocycles. The minimum atomic E-state index is 0.0742. The molecule has 1 atom stereocenters. The van der Waals surface area contributed by atoms with E-state index in [0.717, 1.165) is 62.2 Å². The van der Waals surface area contributed by atoms with Crippen molar-refractivity contribution in [2.45, 2.75) is 37.6 Å². The van der Waals surface area contributed by atoms with Crippen LogP contribution in [0.3, 0.4) is 0 Å². The summed E-state index contributed by atoms with van der Waals surface area (Å²) in [6, 6.07) is 12.6. The van der Waals surface area contributed by atoms with Crippen LogP contribution in [0.25, 0.3) is 22.4 Å². The van der Waals surface area contributed by atoms with Gasteiger partial charge in [0, 0.05) is 55.9 Å². The molecule has 2 aliphatic heterocycles. The fourth-order valence-electron chi connectivity index (χ4n) is 5.42. The molecule has 6 rings (SSSR count). The van der Waals surface area contributed by atoms with Gasteiger partial charge in [0.25, 0.3) is 11.6 Å². The van der Waals surface area contributed by atoms with Crippen molar-refractivity contribution in [3.05, 3.63) is 47.7 Å². The molecule has 0 radical (unpaired) electrons. The number of fused-ring (bicyclic) bond motifs is 1. The maximum absolute atomic E-state index is 13.8. The Bertz CT molecular complexity index is 1150. The number of hydrogen-bond acceptors (Lipinski definition) is 6. The van der Waals surface area contributed by atoms with Gasteiger partial charge in [0.2, 0.25) is 0 Å². The molecule has 3 fully saturated rings. The monoisotopic (exact) mass is 445 g/mol. The van der Waals surface area contributed by atoms with E-state index in [4.69, 9.17) is 9.51 Å². The number of likely N-dealkylation sites (tertiary alicyclic amines) is 1. The molecule has 4 heterocycles. The second-order valence-electron chi connectivity index (χ2n) is 9.83. The number of rotatable bonds is 4. The molecule has 0 bridgehead atoms. The van der Waals surface area contributed by atoms with Crippen molar-refractivity contribution in [1.29, 1.82) is 0 Å². The lowest BCUT2D eigenvalue weighted by Crippen LogP contribution is -2.55. The zero-order valence-electron chi connectivity index (χ0n) is 19.2. The van der Waals surface area contributed by atoms with Crippen LogP contribution in [0.2, 0.25) is 0 Å². The molecule has 2 saturated heterocycles. The van der Waals surface area contributed by atoms with Crippen LogP contribution in [-0.2, 0) is 0 Å². The molecule has 2 aromatic heterocycles. The second kappa shape index (κ2) is 8.54. The van der Waals surface area contributed by atoms with Gasteiger partial charge in [-0.05, 0) is 45.3 Å². The van der Waals surface area contributed by atoms with Crippen LogP contribution in [0.4, 0.5) is 0 Å². The third kappa shape index (κ3) is 4.04. The van der Waals surface area contributed by atoms with Crippen LogP contribution >= 0.6 is 0 Å². The van der Waals surface area contributed by atoms with Gasteiger partial charge in [-0.1, -0.05) is 35.5 Å². The standard InChI is InChI=1S/C26H31N5O2/c1-29-11-5-8-20(17-29)30-12-14-31(15-13-30)26(32)21-16-22(18-9-10-18)27-25-23(21)24(28-33-25)19-6-3-2-4-7-19/h2-4,6-7,16,18,20H,5,8-15,17H2,1H3. The molecule has 1 amide bonds. The zero-order chi connectivity index (χ0) is 22.4. The number of carbonyl (C=O) groups is 1. The molecular weight excluding hydrogens is 414 g/mol. The van der Waals surface area contributed by atoms with E-state index in [9.17, 15) is 4.79 Å². The van der Waals surface area contributed by atoms with Crippen LogP contribution in [0.1, 0.15) is 47.7 Å². The number of nitrogens with zero attached hydrogens (tertiary/aromatic N) is 5. The number of hydrogen-bond donors (Lipinski definition) is 0. The third-order valence-electron chi connectivity index (χ3n) is 7.46. The van der Waals surface area contributed by atoms with Crippen molar-refractivity contribution >= 4 is 17.0 Å². The average Bonchev–Trinajstić information content (AvgIpc) is 3.63. The number of carbonyl (C=O) groups excluding carboxylic acids is 1. The lowest BCUT2D eigenvalue weighted by molar-refractivity contribution is 0.0453. The largest absolute Gasteiger partial charge is 0.336 e. The van der Waals surface area contributed by atoms with E-state index in [1.54, 1.807) is 0 Å². The summed E-state index contributed by atoms with van der Waals surface area (Å²) in [4.78, 5) is 25.6. The highest BCUT2D eigenvalue weighted by Crippen LogP contribution is 2.41. The Balaban J connectivity index is 1.29. The number of pyridine rings is 1. The first-order valence-electron chi connectivity index (χ1n) is 12.2. The van der Waals surface area contributed by atoms with Gasteiger partial charge in [-0.25, -0.2) is 4.98 Å². The van der Waals surface area contributed by atoms with E-state index in [-0.39, 0.29) is 5.91 Å². The fraction of sp³-hybridized carbons (Fsp3) is 0.500. The molecule has 7 nitrogen and oxygen atoms in total. The predicted molar refractivity (Wildman–Crippen MR) is 127 cm³/mol. The van der Waals surface area contributed by atoms with E-state index in [1.807, 2.05) is 41.3 Å². The molecule has 172 valence electrons. The molecule has 1 saturated carbocycles. The van der Waals surface area contributed by atoms with Gasteiger partial charge in [0.05, 0.1) is 10.9 Å². The highest BCUT2D eigenvalue weighted by atomic mass is 16.5. The van der Waals surface area contributed by atoms with Gasteiger partial charge in [0.15, 0.2) is 0 Å². The summed E-state index contributed by atoms with van der Waals surface area (Å²) in [6.45, 7) is 5.71. The highest BCUT2D eigenvalue weighted by Gasteiger charge is 2.33. The summed E-state index contributed by atoms with van der Waals surface area (Å²) in [5, 5.41) is 5.08. The first kappa shape index (κ1) is 20.8. The number of amides is 1. The first-order chi connectivity index (χ1) is 16.2. The highest BCUT2D eigenvalue weighted by molar-refractivity contribution is 6.09. The van der Waals surface area contributed by atoms with Crippen molar-refractivity contribution in [3.63, 3.8) is 0 Å². The Kier molecular flexibility index (Phi) is 5.38. The van der Waals surface area contributed by atoms with Crippen LogP contribution in [-0.4, -0.2) is 83.1 Å². The SMILES string of the molecule is CN1CCCC(N2CCN(C(=O)c3cc(C4CC4)nc4onc(-c5ccccc5)c34)CC2)C1. The zero-order valence-corrected chi connectivity index (χ0v) is 19.2. The molecule has 33 heavy (non-hydrogen) atoms. The van der Waals surface area contributed by atoms with Gasteiger partial charge in [-0.15, -0.1) is 0 Å². The first-order valence-corrected chi connectivity index (χ1v) is 12.2. The minimum Gasteiger partial charge on any atom is -0.336 e. The Labute approximate surface area is 194 Å². The number of likely N-dealkylation sites (N-methyl/N-ethyl adjacent to an activating group) is 1. The second-order valence-corrected chi connectivity index (χ2v) is 9.83. The van der Waals surface area contributed by atoms with E-state index in [2.05, 4.69) is 22.0 Å². The predicted octanol–water partition coefficient (Wildman–Crippen LogP) is 3.62. The summed E-state index contributed by atoms with van der Waals surface area (Å²) in [7, 11) is 2.21. The molecule has 7 heteroatoms. The van der Waals surface area contributed by atoms with Crippen molar-refractivity contribution in [1.82, 2.24) is 24.8 Å². The number of piperidine rings is 1. The quantitative estimate of drug-likeness (QED) is 0.611. The van der Waals surface area contributed by atoms with Crippen molar-refractivity contribution in [2.75, 3.05) is 46.3 Å². The van der Waals surface area contributed by atoms with Crippen molar-refractivity contribution in [3.8, 4) is 11.3 Å². The minimum absolute atomic E-state index is 0.0742. The smallest absolute Gasteiger partial charge is 0.259 e. The maximum Gasteiger partial charge on any atom is 0.259 e. The number of piperazine rings is 1. The molecule has 3 aromatic rings. The van der Waals surface area contributed by atoms with Gasteiger partial charge >= 0.3 is 0 Å². The van der Waals surface area contributed by atoms with Crippen LogP contribution in [0, 0.1) is 0 Å². The summed E-state index contributed by atoms with van der Waals surface area (Å²) < 4.78 is 5.66. The Morgan fingerprint density at radius 3 is 2.55 bits per heavy atom. The lowest BCUT2D eigenvalue weighted by Gasteiger charge is -2.42. The van der Waals surface area contributed by atoms with Gasteiger partial charge in [-0.2, -0.15) is 0 Å². The normalized spacial score (nSPS) is 22.7. The topological polar surface area (TPSA) is 65.7 Å². The van der Waals surface area contributed by atoms with Crippen LogP contribution < -0.4 is 0 Å². The molecule has 0 spiro atoms. The Morgan fingerprint density at radius 1 is 1.03 bits per heavy atom. The molecule has 1 aliphatic carbocycles. The summed E-state index contributed by atoms with van der Waals surface area (Å²) >= 11 is 0. The lowest BCUT2D eigenvalue weighted by atomic mass is 10.0. The van der Waals surface area contributed by atoms with Gasteiger partial charge < -0.3 is 14.3 Å². The van der Waals surface area contributed by atoms with Crippen molar-refractivity contribution in [2.24, 2.45) is 0 Å². The third-order valence-corrected chi connectivity index (χ3v) is 7.46. The van der Waals surface area contributed by atoms with Crippen molar-refractivity contribution < 1.29 is 9.32 Å². The molecule has 3 aliphatic rings. The molecular formula is C26H31N5O2. The van der Waals surface area contributed by atoms with E-state index in [0.29, 0.717) is 28.9 Å². The fourth-order valence-corrected chi connectivity index (χ4v) is 5.42.